The summed E-state index contributed by atoms with van der Waals surface area (Å²) >= 11 is 0. The Labute approximate surface area is 178 Å². The Morgan fingerprint density at radius 3 is 1.93 bits per heavy atom. The molecule has 4 aromatic rings. The second-order valence-electron chi connectivity index (χ2n) is 6.61. The van der Waals surface area contributed by atoms with Crippen molar-refractivity contribution in [2.45, 2.75) is 13.8 Å². The number of hydrogen-bond acceptors (Lipinski definition) is 3. The molecule has 0 saturated carbocycles. The SMILES string of the molecule is CC.OB(O)c1cccc(-c2ccc(Nc3ccccc3-c3ccccc3)cc2)c1. The average molecular weight is 395 g/mol. The van der Waals surface area contributed by atoms with Gasteiger partial charge in [0.1, 0.15) is 0 Å². The smallest absolute Gasteiger partial charge is 0.423 e. The van der Waals surface area contributed by atoms with Crippen molar-refractivity contribution >= 4 is 24.0 Å². The highest BCUT2D eigenvalue weighted by Gasteiger charge is 2.11. The second-order valence-corrected chi connectivity index (χ2v) is 6.61. The number of anilines is 2. The van der Waals surface area contributed by atoms with Crippen LogP contribution in [0, 0.1) is 0 Å². The third-order valence-corrected chi connectivity index (χ3v) is 4.69. The van der Waals surface area contributed by atoms with E-state index in [9.17, 15) is 10.0 Å². The molecule has 0 heterocycles. The predicted molar refractivity (Wildman–Crippen MR) is 128 cm³/mol. The molecule has 0 unspecified atom stereocenters. The first-order valence-electron chi connectivity index (χ1n) is 10.2. The fourth-order valence-corrected chi connectivity index (χ4v) is 3.24. The van der Waals surface area contributed by atoms with Crippen LogP contribution in [0.2, 0.25) is 0 Å². The summed E-state index contributed by atoms with van der Waals surface area (Å²) < 4.78 is 0. The Kier molecular flexibility index (Phi) is 7.44. The maximum Gasteiger partial charge on any atom is 0.488 e. The summed E-state index contributed by atoms with van der Waals surface area (Å²) in [6, 6.07) is 33.9. The molecule has 0 atom stereocenters. The highest BCUT2D eigenvalue weighted by molar-refractivity contribution is 6.58. The highest BCUT2D eigenvalue weighted by Crippen LogP contribution is 2.30. The third kappa shape index (κ3) is 5.17. The van der Waals surface area contributed by atoms with Crippen LogP contribution >= 0.6 is 0 Å². The minimum absolute atomic E-state index is 0.483. The lowest BCUT2D eigenvalue weighted by Gasteiger charge is -2.13. The zero-order valence-corrected chi connectivity index (χ0v) is 17.3. The van der Waals surface area contributed by atoms with E-state index in [1.807, 2.05) is 80.6 Å². The summed E-state index contributed by atoms with van der Waals surface area (Å²) in [5, 5.41) is 22.2. The molecule has 0 aliphatic carbocycles. The van der Waals surface area contributed by atoms with Gasteiger partial charge in [0.25, 0.3) is 0 Å². The van der Waals surface area contributed by atoms with Crippen LogP contribution in [-0.2, 0) is 0 Å². The van der Waals surface area contributed by atoms with E-state index < -0.39 is 7.12 Å². The van der Waals surface area contributed by atoms with Crippen molar-refractivity contribution < 1.29 is 10.0 Å². The van der Waals surface area contributed by atoms with Gasteiger partial charge in [0.2, 0.25) is 0 Å². The first-order chi connectivity index (χ1) is 14.7. The standard InChI is InChI=1S/C24H20BNO2.C2H6/c27-25(28)21-10-6-9-20(17-21)18-13-15-22(16-14-18)26-24-12-5-4-11-23(24)19-7-2-1-3-8-19;1-2/h1-17,26-28H;1-2H3. The Hall–Kier alpha value is -3.34. The van der Waals surface area contributed by atoms with E-state index in [0.717, 1.165) is 28.1 Å². The number of nitrogens with one attached hydrogen (secondary N) is 1. The van der Waals surface area contributed by atoms with E-state index in [0.29, 0.717) is 5.46 Å². The van der Waals surface area contributed by atoms with Crippen LogP contribution < -0.4 is 10.8 Å². The zero-order valence-electron chi connectivity index (χ0n) is 17.3. The molecule has 0 radical (unpaired) electrons. The maximum absolute atomic E-state index is 9.37. The highest BCUT2D eigenvalue weighted by atomic mass is 16.4. The van der Waals surface area contributed by atoms with Crippen LogP contribution in [0.5, 0.6) is 0 Å². The summed E-state index contributed by atoms with van der Waals surface area (Å²) in [4.78, 5) is 0. The molecular weight excluding hydrogens is 369 g/mol. The van der Waals surface area contributed by atoms with Crippen molar-refractivity contribution in [3.05, 3.63) is 103 Å². The molecule has 0 saturated heterocycles. The van der Waals surface area contributed by atoms with Gasteiger partial charge in [-0.05, 0) is 40.4 Å². The van der Waals surface area contributed by atoms with Crippen molar-refractivity contribution in [3.63, 3.8) is 0 Å². The summed E-state index contributed by atoms with van der Waals surface area (Å²) in [6.07, 6.45) is 0. The molecule has 0 fully saturated rings. The first kappa shape index (κ1) is 21.4. The van der Waals surface area contributed by atoms with Gasteiger partial charge in [-0.3, -0.25) is 0 Å². The van der Waals surface area contributed by atoms with Gasteiger partial charge in [-0.2, -0.15) is 0 Å². The third-order valence-electron chi connectivity index (χ3n) is 4.69. The molecule has 3 nitrogen and oxygen atoms in total. The lowest BCUT2D eigenvalue weighted by Crippen LogP contribution is -2.29. The van der Waals surface area contributed by atoms with Gasteiger partial charge in [0.15, 0.2) is 0 Å². The van der Waals surface area contributed by atoms with Crippen molar-refractivity contribution in [1.82, 2.24) is 0 Å². The van der Waals surface area contributed by atoms with Crippen LogP contribution in [0.15, 0.2) is 103 Å². The fourth-order valence-electron chi connectivity index (χ4n) is 3.24. The van der Waals surface area contributed by atoms with Gasteiger partial charge in [-0.15, -0.1) is 0 Å². The minimum atomic E-state index is -1.46. The van der Waals surface area contributed by atoms with Crippen molar-refractivity contribution in [3.8, 4) is 22.3 Å². The lowest BCUT2D eigenvalue weighted by molar-refractivity contribution is 0.426. The predicted octanol–water partition coefficient (Wildman–Crippen LogP) is 5.47. The van der Waals surface area contributed by atoms with Gasteiger partial charge < -0.3 is 15.4 Å². The van der Waals surface area contributed by atoms with E-state index >= 15 is 0 Å². The van der Waals surface area contributed by atoms with E-state index in [1.165, 1.54) is 5.56 Å². The van der Waals surface area contributed by atoms with E-state index in [-0.39, 0.29) is 0 Å². The number of benzene rings is 4. The van der Waals surface area contributed by atoms with Crippen LogP contribution in [0.25, 0.3) is 22.3 Å². The van der Waals surface area contributed by atoms with E-state index in [2.05, 4.69) is 29.6 Å². The summed E-state index contributed by atoms with van der Waals surface area (Å²) in [5.74, 6) is 0. The van der Waals surface area contributed by atoms with Gasteiger partial charge in [0, 0.05) is 16.9 Å². The molecule has 0 amide bonds. The van der Waals surface area contributed by atoms with Gasteiger partial charge >= 0.3 is 7.12 Å². The van der Waals surface area contributed by atoms with Crippen molar-refractivity contribution in [2.75, 3.05) is 5.32 Å². The molecule has 4 aromatic carbocycles. The topological polar surface area (TPSA) is 52.5 Å². The molecule has 0 spiro atoms. The Balaban J connectivity index is 0.00000124. The molecular formula is C26H26BNO2. The summed E-state index contributed by atoms with van der Waals surface area (Å²) in [7, 11) is -1.46. The zero-order chi connectivity index (χ0) is 21.3. The Morgan fingerprint density at radius 1 is 0.600 bits per heavy atom. The normalized spacial score (nSPS) is 10.0. The molecule has 0 bridgehead atoms. The molecule has 4 heteroatoms. The lowest BCUT2D eigenvalue weighted by atomic mass is 9.79. The van der Waals surface area contributed by atoms with Gasteiger partial charge in [-0.25, -0.2) is 0 Å². The minimum Gasteiger partial charge on any atom is -0.423 e. The molecule has 30 heavy (non-hydrogen) atoms. The van der Waals surface area contributed by atoms with E-state index in [1.54, 1.807) is 12.1 Å². The molecule has 0 aliphatic rings. The van der Waals surface area contributed by atoms with Crippen LogP contribution in [0.1, 0.15) is 13.8 Å². The Bertz CT molecular complexity index is 1060. The maximum atomic E-state index is 9.37. The van der Waals surface area contributed by atoms with E-state index in [4.69, 9.17) is 0 Å². The average Bonchev–Trinajstić information content (AvgIpc) is 2.82. The monoisotopic (exact) mass is 395 g/mol. The van der Waals surface area contributed by atoms with Crippen molar-refractivity contribution in [2.24, 2.45) is 0 Å². The first-order valence-corrected chi connectivity index (χ1v) is 10.2. The van der Waals surface area contributed by atoms with Gasteiger partial charge in [-0.1, -0.05) is 98.8 Å². The number of para-hydroxylation sites is 1. The summed E-state index contributed by atoms with van der Waals surface area (Å²) in [6.45, 7) is 4.00. The largest absolute Gasteiger partial charge is 0.488 e. The molecule has 0 aliphatic heterocycles. The number of rotatable bonds is 5. The quantitative estimate of drug-likeness (QED) is 0.393. The molecule has 3 N–H and O–H groups in total. The molecule has 150 valence electrons. The van der Waals surface area contributed by atoms with Crippen LogP contribution in [0.4, 0.5) is 11.4 Å². The van der Waals surface area contributed by atoms with Gasteiger partial charge in [0.05, 0.1) is 0 Å². The molecule has 4 rings (SSSR count). The van der Waals surface area contributed by atoms with Crippen LogP contribution in [-0.4, -0.2) is 17.2 Å². The number of hydrogen-bond donors (Lipinski definition) is 3. The Morgan fingerprint density at radius 2 is 1.23 bits per heavy atom. The van der Waals surface area contributed by atoms with Crippen molar-refractivity contribution in [1.29, 1.82) is 0 Å². The fraction of sp³-hybridized carbons (Fsp3) is 0.0769. The molecule has 0 aromatic heterocycles. The second kappa shape index (κ2) is 10.4. The summed E-state index contributed by atoms with van der Waals surface area (Å²) in [5.41, 5.74) is 6.80. The van der Waals surface area contributed by atoms with Crippen LogP contribution in [0.3, 0.4) is 0 Å².